The Hall–Kier alpha value is -1.40. The minimum atomic E-state index is -0.676. The fraction of sp³-hybridized carbons (Fsp3) is 0.943. The monoisotopic (exact) mass is 1070 g/mol. The summed E-state index contributed by atoms with van der Waals surface area (Å²) in [5, 5.41) is 23.4. The number of carbonyl (C=O) groups is 2. The number of aliphatic hydroxyl groups is 2. The molecule has 0 saturated heterocycles. The van der Waals surface area contributed by atoms with Crippen LogP contribution in [0.25, 0.3) is 0 Å². The van der Waals surface area contributed by atoms with E-state index in [4.69, 9.17) is 4.74 Å². The van der Waals surface area contributed by atoms with Crippen LogP contribution in [0.15, 0.2) is 12.2 Å². The Morgan fingerprint density at radius 2 is 0.618 bits per heavy atom. The average molecular weight is 1070 g/mol. The van der Waals surface area contributed by atoms with E-state index in [1.807, 2.05) is 0 Å². The maximum absolute atomic E-state index is 12.5. The molecule has 0 aromatic heterocycles. The lowest BCUT2D eigenvalue weighted by Crippen LogP contribution is -2.45. The van der Waals surface area contributed by atoms with Crippen LogP contribution in [0.2, 0.25) is 0 Å². The van der Waals surface area contributed by atoms with Crippen molar-refractivity contribution in [1.82, 2.24) is 5.32 Å². The largest absolute Gasteiger partial charge is 0.466 e. The smallest absolute Gasteiger partial charge is 0.305 e. The predicted molar refractivity (Wildman–Crippen MR) is 333 cm³/mol. The molecule has 6 nitrogen and oxygen atoms in total. The normalized spacial score (nSPS) is 12.5. The number of rotatable bonds is 66. The van der Waals surface area contributed by atoms with E-state index in [1.165, 1.54) is 302 Å². The molecule has 0 aromatic carbocycles. The van der Waals surface area contributed by atoms with Gasteiger partial charge >= 0.3 is 5.97 Å². The molecular formula is C70H137NO5. The van der Waals surface area contributed by atoms with Gasteiger partial charge in [-0.2, -0.15) is 0 Å². The van der Waals surface area contributed by atoms with E-state index in [1.54, 1.807) is 0 Å². The van der Waals surface area contributed by atoms with Gasteiger partial charge in [-0.3, -0.25) is 9.59 Å². The van der Waals surface area contributed by atoms with Crippen molar-refractivity contribution in [2.45, 2.75) is 411 Å². The number of esters is 1. The third kappa shape index (κ3) is 61.8. The molecule has 0 heterocycles. The minimum Gasteiger partial charge on any atom is -0.466 e. The first-order valence-corrected chi connectivity index (χ1v) is 34.9. The van der Waals surface area contributed by atoms with Crippen molar-refractivity contribution in [2.75, 3.05) is 13.2 Å². The molecule has 0 bridgehead atoms. The standard InChI is InChI=1S/C70H137NO5/c1-3-5-7-9-11-13-15-17-19-21-23-24-25-26-27-28-29-30-34-38-42-46-50-54-58-62-68(73)67(66-72)71-69(74)63-59-55-51-47-43-39-35-32-33-37-41-45-49-53-57-61-65-76-70(75)64-60-56-52-48-44-40-36-31-22-20-18-16-14-12-10-8-6-4-2/h32,35,67-68,72-73H,3-31,33-34,36-66H2,1-2H3,(H,71,74)/b35-32-. The number of unbranched alkanes of at least 4 members (excludes halogenated alkanes) is 53. The van der Waals surface area contributed by atoms with Crippen molar-refractivity contribution >= 4 is 11.9 Å². The third-order valence-electron chi connectivity index (χ3n) is 16.6. The molecule has 0 saturated carbocycles. The van der Waals surface area contributed by atoms with E-state index in [9.17, 15) is 19.8 Å². The number of nitrogens with one attached hydrogen (secondary N) is 1. The molecule has 0 aromatic rings. The van der Waals surface area contributed by atoms with Crippen LogP contribution in [0.4, 0.5) is 0 Å². The van der Waals surface area contributed by atoms with E-state index in [0.29, 0.717) is 25.9 Å². The van der Waals surface area contributed by atoms with Gasteiger partial charge in [0.15, 0.2) is 0 Å². The molecule has 76 heavy (non-hydrogen) atoms. The van der Waals surface area contributed by atoms with Crippen molar-refractivity contribution < 1.29 is 24.5 Å². The number of aliphatic hydroxyl groups excluding tert-OH is 2. The highest BCUT2D eigenvalue weighted by molar-refractivity contribution is 5.76. The molecular weight excluding hydrogens is 935 g/mol. The van der Waals surface area contributed by atoms with Gasteiger partial charge in [-0.1, -0.05) is 347 Å². The van der Waals surface area contributed by atoms with E-state index >= 15 is 0 Å². The van der Waals surface area contributed by atoms with Crippen LogP contribution in [0, 0.1) is 0 Å². The Morgan fingerprint density at radius 3 is 0.934 bits per heavy atom. The number of ether oxygens (including phenoxy) is 1. The lowest BCUT2D eigenvalue weighted by Gasteiger charge is -2.22. The molecule has 0 fully saturated rings. The summed E-state index contributed by atoms with van der Waals surface area (Å²) < 4.78 is 5.50. The third-order valence-corrected chi connectivity index (χ3v) is 16.6. The van der Waals surface area contributed by atoms with Crippen molar-refractivity contribution in [3.63, 3.8) is 0 Å². The molecule has 0 aliphatic heterocycles. The summed E-state index contributed by atoms with van der Waals surface area (Å²) in [5.41, 5.74) is 0. The van der Waals surface area contributed by atoms with Crippen molar-refractivity contribution in [1.29, 1.82) is 0 Å². The molecule has 0 aliphatic carbocycles. The fourth-order valence-corrected chi connectivity index (χ4v) is 11.2. The van der Waals surface area contributed by atoms with Gasteiger partial charge in [0.25, 0.3) is 0 Å². The minimum absolute atomic E-state index is 0.00313. The summed E-state index contributed by atoms with van der Waals surface area (Å²) in [6, 6.07) is -0.555. The van der Waals surface area contributed by atoms with E-state index in [2.05, 4.69) is 31.3 Å². The van der Waals surface area contributed by atoms with Crippen LogP contribution in [0.1, 0.15) is 399 Å². The summed E-state index contributed by atoms with van der Waals surface area (Å²) in [6.07, 6.45) is 81.0. The van der Waals surface area contributed by atoms with Crippen LogP contribution in [-0.4, -0.2) is 47.4 Å². The zero-order valence-electron chi connectivity index (χ0n) is 51.8. The summed E-state index contributed by atoms with van der Waals surface area (Å²) in [6.45, 7) is 4.98. The van der Waals surface area contributed by atoms with E-state index in [-0.39, 0.29) is 18.5 Å². The first-order valence-electron chi connectivity index (χ1n) is 34.9. The summed E-state index contributed by atoms with van der Waals surface area (Å²) in [4.78, 5) is 24.7. The highest BCUT2D eigenvalue weighted by Crippen LogP contribution is 2.19. The molecule has 6 heteroatoms. The molecule has 2 atom stereocenters. The van der Waals surface area contributed by atoms with Gasteiger partial charge in [0, 0.05) is 12.8 Å². The quantitative estimate of drug-likeness (QED) is 0.0320. The maximum Gasteiger partial charge on any atom is 0.305 e. The Morgan fingerprint density at radius 1 is 0.355 bits per heavy atom. The zero-order chi connectivity index (χ0) is 55.0. The Balaban J connectivity index is 3.43. The van der Waals surface area contributed by atoms with Crippen LogP contribution in [0.5, 0.6) is 0 Å². The lowest BCUT2D eigenvalue weighted by atomic mass is 10.0. The summed E-state index contributed by atoms with van der Waals surface area (Å²) in [7, 11) is 0. The summed E-state index contributed by atoms with van der Waals surface area (Å²) in [5.74, 6) is -0.0436. The number of allylic oxidation sites excluding steroid dienone is 2. The number of amides is 1. The number of hydrogen-bond donors (Lipinski definition) is 3. The molecule has 2 unspecified atom stereocenters. The predicted octanol–water partition coefficient (Wildman–Crippen LogP) is 22.4. The van der Waals surface area contributed by atoms with Gasteiger partial charge in [0.2, 0.25) is 5.91 Å². The van der Waals surface area contributed by atoms with Crippen molar-refractivity contribution in [2.24, 2.45) is 0 Å². The molecule has 0 rings (SSSR count). The highest BCUT2D eigenvalue weighted by atomic mass is 16.5. The molecule has 1 amide bonds. The van der Waals surface area contributed by atoms with Crippen LogP contribution < -0.4 is 5.32 Å². The highest BCUT2D eigenvalue weighted by Gasteiger charge is 2.20. The molecule has 0 radical (unpaired) electrons. The van der Waals surface area contributed by atoms with Crippen molar-refractivity contribution in [3.8, 4) is 0 Å². The Labute approximate surface area is 476 Å². The van der Waals surface area contributed by atoms with Gasteiger partial charge in [0.05, 0.1) is 25.4 Å². The molecule has 3 N–H and O–H groups in total. The van der Waals surface area contributed by atoms with E-state index in [0.717, 1.165) is 64.2 Å². The van der Waals surface area contributed by atoms with Gasteiger partial charge in [-0.25, -0.2) is 0 Å². The van der Waals surface area contributed by atoms with Gasteiger partial charge in [-0.05, 0) is 51.4 Å². The van der Waals surface area contributed by atoms with Crippen LogP contribution >= 0.6 is 0 Å². The molecule has 0 aliphatic rings. The molecule has 452 valence electrons. The van der Waals surface area contributed by atoms with Crippen LogP contribution in [0.3, 0.4) is 0 Å². The Kier molecular flexibility index (Phi) is 64.9. The zero-order valence-corrected chi connectivity index (χ0v) is 51.8. The van der Waals surface area contributed by atoms with Gasteiger partial charge in [0.1, 0.15) is 0 Å². The second-order valence-corrected chi connectivity index (χ2v) is 24.2. The Bertz CT molecular complexity index is 1140. The second-order valence-electron chi connectivity index (χ2n) is 24.2. The van der Waals surface area contributed by atoms with Crippen LogP contribution in [-0.2, 0) is 14.3 Å². The molecule has 0 spiro atoms. The SMILES string of the molecule is CCCCCCCCCCCCCCCCCCCCCCCCCCCC(O)C(CO)NC(=O)CCCCCCC/C=C\CCCCCCCCCOC(=O)CCCCCCCCCCCCCCCCCCCC. The second kappa shape index (κ2) is 66.1. The number of carbonyl (C=O) groups excluding carboxylic acids is 2. The fourth-order valence-electron chi connectivity index (χ4n) is 11.2. The number of hydrogen-bond acceptors (Lipinski definition) is 5. The first-order chi connectivity index (χ1) is 37.5. The topological polar surface area (TPSA) is 95.9 Å². The van der Waals surface area contributed by atoms with Gasteiger partial charge in [-0.15, -0.1) is 0 Å². The first kappa shape index (κ1) is 74.6. The average Bonchev–Trinajstić information content (AvgIpc) is 3.42. The summed E-state index contributed by atoms with van der Waals surface area (Å²) >= 11 is 0. The lowest BCUT2D eigenvalue weighted by molar-refractivity contribution is -0.143. The van der Waals surface area contributed by atoms with E-state index < -0.39 is 12.1 Å². The van der Waals surface area contributed by atoms with Gasteiger partial charge < -0.3 is 20.3 Å². The van der Waals surface area contributed by atoms with Crippen molar-refractivity contribution in [3.05, 3.63) is 12.2 Å². The maximum atomic E-state index is 12.5.